The van der Waals surface area contributed by atoms with E-state index in [9.17, 15) is 0 Å². The summed E-state index contributed by atoms with van der Waals surface area (Å²) in [6, 6.07) is 5.61. The van der Waals surface area contributed by atoms with E-state index in [1.165, 1.54) is 4.57 Å². The largest absolute Gasteiger partial charge is 0.309 e. The molecule has 0 atom stereocenters. The molecule has 5 nitrogen and oxygen atoms in total. The van der Waals surface area contributed by atoms with E-state index in [0.29, 0.717) is 5.56 Å². The van der Waals surface area contributed by atoms with Crippen LogP contribution in [0.4, 0.5) is 0 Å². The van der Waals surface area contributed by atoms with Gasteiger partial charge in [0.2, 0.25) is 5.95 Å². The van der Waals surface area contributed by atoms with Crippen LogP contribution in [0, 0.1) is 0 Å². The Bertz CT molecular complexity index is 3250. The Balaban J connectivity index is 1.48. The van der Waals surface area contributed by atoms with Crippen molar-refractivity contribution in [3.05, 3.63) is 151 Å². The molecule has 0 aliphatic rings. The van der Waals surface area contributed by atoms with E-state index in [2.05, 4.69) is 0 Å². The first-order valence-corrected chi connectivity index (χ1v) is 13.4. The lowest BCUT2D eigenvalue weighted by Gasteiger charge is -2.15. The van der Waals surface area contributed by atoms with E-state index in [0.717, 1.165) is 4.57 Å². The van der Waals surface area contributed by atoms with Crippen molar-refractivity contribution in [2.75, 3.05) is 0 Å². The third-order valence-electron chi connectivity index (χ3n) is 7.31. The normalized spacial score (nSPS) is 16.7. The van der Waals surface area contributed by atoms with Crippen molar-refractivity contribution >= 4 is 43.6 Å². The Morgan fingerprint density at radius 2 is 0.886 bits per heavy atom. The van der Waals surface area contributed by atoms with Crippen LogP contribution < -0.4 is 0 Å². The molecule has 0 spiro atoms. The van der Waals surface area contributed by atoms with Gasteiger partial charge in [-0.1, -0.05) is 115 Å². The highest BCUT2D eigenvalue weighted by atomic mass is 15.2. The van der Waals surface area contributed by atoms with E-state index in [1.54, 1.807) is 54.6 Å². The van der Waals surface area contributed by atoms with Crippen LogP contribution in [-0.4, -0.2) is 24.1 Å². The summed E-state index contributed by atoms with van der Waals surface area (Å²) < 4.78 is 142. The molecule has 0 amide bonds. The smallest absolute Gasteiger partial charge is 0.238 e. The third kappa shape index (κ3) is 3.69. The SMILES string of the molecule is [2H]c1c([2H])c([2H])c2c(c1[2H])c1c([2H])c([2H])c([2H])c([2H])c1n2-c1nc(-c2ccccc2)nc(-c2ccccc2-n2c3c([2H])c([2H])c([2H])c([2H])c3c3c([2H])c([2H])c([2H])c([2H])c32)n1. The minimum absolute atomic E-state index is 0.0214. The maximum Gasteiger partial charge on any atom is 0.238 e. The van der Waals surface area contributed by atoms with Crippen LogP contribution in [0.2, 0.25) is 0 Å². The first-order chi connectivity index (χ1) is 28.5. The van der Waals surface area contributed by atoms with Crippen molar-refractivity contribution in [2.24, 2.45) is 0 Å². The molecule has 0 fully saturated rings. The molecule has 0 radical (unpaired) electrons. The zero-order valence-corrected chi connectivity index (χ0v) is 22.4. The van der Waals surface area contributed by atoms with Gasteiger partial charge >= 0.3 is 0 Å². The highest BCUT2D eigenvalue weighted by Crippen LogP contribution is 2.36. The van der Waals surface area contributed by atoms with Crippen LogP contribution in [0.15, 0.2) is 151 Å². The topological polar surface area (TPSA) is 48.5 Å². The van der Waals surface area contributed by atoms with Gasteiger partial charge in [-0.15, -0.1) is 0 Å². The molecule has 5 heteroatoms. The lowest BCUT2D eigenvalue weighted by atomic mass is 10.1. The summed E-state index contributed by atoms with van der Waals surface area (Å²) in [7, 11) is 0. The molecule has 3 aromatic heterocycles. The Hall–Kier alpha value is -6.07. The summed E-state index contributed by atoms with van der Waals surface area (Å²) in [5, 5.41) is -0.680. The van der Waals surface area contributed by atoms with Crippen LogP contribution in [0.3, 0.4) is 0 Å². The number of hydrogen-bond donors (Lipinski definition) is 0. The van der Waals surface area contributed by atoms with E-state index in [4.69, 9.17) is 36.9 Å². The fourth-order valence-electron chi connectivity index (χ4n) is 5.44. The Morgan fingerprint density at radius 1 is 0.432 bits per heavy atom. The minimum Gasteiger partial charge on any atom is -0.309 e. The van der Waals surface area contributed by atoms with Gasteiger partial charge in [-0.05, 0) is 36.3 Å². The molecule has 0 aliphatic heterocycles. The van der Waals surface area contributed by atoms with Crippen LogP contribution in [-0.2, 0) is 0 Å². The quantitative estimate of drug-likeness (QED) is 0.209. The standard InChI is InChI=1S/C39H25N5/c1-2-14-26(15-3-1)37-40-38(42-39(41-37)44-34-23-11-6-18-29(34)30-19-7-12-24-35(30)44)31-20-8-13-25-36(31)43-32-21-9-4-16-27(32)28-17-5-10-22-33(28)43/h1-25H/i4D,5D,6D,7D,9D,10D,11D,12D,16D,17D,18D,19D,21D,22D,23D,24D. The van der Waals surface area contributed by atoms with Crippen LogP contribution in [0.5, 0.6) is 0 Å². The predicted octanol–water partition coefficient (Wildman–Crippen LogP) is 9.40. The summed E-state index contributed by atoms with van der Waals surface area (Å²) in [4.78, 5) is 14.4. The van der Waals surface area contributed by atoms with Gasteiger partial charge in [0.1, 0.15) is 0 Å². The van der Waals surface area contributed by atoms with Crippen molar-refractivity contribution in [1.29, 1.82) is 0 Å². The molecular weight excluding hydrogens is 538 g/mol. The predicted molar refractivity (Wildman–Crippen MR) is 179 cm³/mol. The summed E-state index contributed by atoms with van der Waals surface area (Å²) in [5.74, 6) is -0.411. The number of rotatable bonds is 4. The lowest BCUT2D eigenvalue weighted by Crippen LogP contribution is -2.07. The number of fused-ring (bicyclic) bond motifs is 6. The second-order valence-corrected chi connectivity index (χ2v) is 9.73. The third-order valence-corrected chi connectivity index (χ3v) is 7.31. The fourth-order valence-corrected chi connectivity index (χ4v) is 5.44. The Labute approximate surface area is 275 Å². The van der Waals surface area contributed by atoms with Crippen molar-refractivity contribution in [3.8, 4) is 34.4 Å². The minimum atomic E-state index is -0.643. The van der Waals surface area contributed by atoms with Crippen LogP contribution in [0.25, 0.3) is 78.0 Å². The molecule has 0 unspecified atom stereocenters. The molecule has 0 aliphatic carbocycles. The Kier molecular flexibility index (Phi) is 2.99. The number of hydrogen-bond acceptors (Lipinski definition) is 3. The summed E-state index contributed by atoms with van der Waals surface area (Å²) in [6.07, 6.45) is 0. The zero-order chi connectivity index (χ0) is 43.0. The van der Waals surface area contributed by atoms with Gasteiger partial charge in [0.05, 0.1) is 49.7 Å². The fraction of sp³-hybridized carbons (Fsp3) is 0. The first kappa shape index (κ1) is 13.5. The number of nitrogens with zero attached hydrogens (tertiary/aromatic N) is 5. The van der Waals surface area contributed by atoms with Gasteiger partial charge in [-0.25, -0.2) is 4.98 Å². The summed E-state index contributed by atoms with van der Waals surface area (Å²) >= 11 is 0. The molecular formula is C39H25N5. The molecule has 44 heavy (non-hydrogen) atoms. The van der Waals surface area contributed by atoms with Gasteiger partial charge in [0.25, 0.3) is 0 Å². The highest BCUT2D eigenvalue weighted by molar-refractivity contribution is 6.10. The van der Waals surface area contributed by atoms with E-state index in [1.807, 2.05) is 0 Å². The van der Waals surface area contributed by atoms with Gasteiger partial charge in [0, 0.05) is 32.7 Å². The second kappa shape index (κ2) is 9.75. The molecule has 0 saturated heterocycles. The molecule has 3 heterocycles. The van der Waals surface area contributed by atoms with Crippen LogP contribution >= 0.6 is 0 Å². The molecule has 0 N–H and O–H groups in total. The van der Waals surface area contributed by atoms with Crippen LogP contribution in [0.1, 0.15) is 21.9 Å². The molecule has 0 saturated carbocycles. The maximum absolute atomic E-state index is 9.04. The first-order valence-electron chi connectivity index (χ1n) is 21.4. The summed E-state index contributed by atoms with van der Waals surface area (Å²) in [5.41, 5.74) is -0.0469. The number of para-hydroxylation sites is 5. The number of benzene rings is 6. The molecule has 9 rings (SSSR count). The average Bonchev–Trinajstić information content (AvgIpc) is 3.81. The second-order valence-electron chi connectivity index (χ2n) is 9.73. The maximum atomic E-state index is 9.04. The highest BCUT2D eigenvalue weighted by Gasteiger charge is 2.20. The molecule has 9 aromatic rings. The van der Waals surface area contributed by atoms with Gasteiger partial charge in [0.15, 0.2) is 11.6 Å². The van der Waals surface area contributed by atoms with Crippen molar-refractivity contribution in [2.45, 2.75) is 0 Å². The van der Waals surface area contributed by atoms with Crippen molar-refractivity contribution in [1.82, 2.24) is 24.1 Å². The lowest BCUT2D eigenvalue weighted by molar-refractivity contribution is 0.951. The van der Waals surface area contributed by atoms with E-state index >= 15 is 0 Å². The van der Waals surface area contributed by atoms with E-state index in [-0.39, 0.29) is 72.5 Å². The monoisotopic (exact) mass is 579 g/mol. The Morgan fingerprint density at radius 3 is 1.45 bits per heavy atom. The summed E-state index contributed by atoms with van der Waals surface area (Å²) in [6.45, 7) is 0. The average molecular weight is 580 g/mol. The molecule has 206 valence electrons. The van der Waals surface area contributed by atoms with E-state index < -0.39 is 96.7 Å². The van der Waals surface area contributed by atoms with Gasteiger partial charge in [-0.3, -0.25) is 4.57 Å². The molecule has 6 aromatic carbocycles. The van der Waals surface area contributed by atoms with Gasteiger partial charge < -0.3 is 4.57 Å². The van der Waals surface area contributed by atoms with Crippen molar-refractivity contribution in [3.63, 3.8) is 0 Å². The number of aromatic nitrogens is 5. The molecule has 0 bridgehead atoms. The zero-order valence-electron chi connectivity index (χ0n) is 38.4. The van der Waals surface area contributed by atoms with Gasteiger partial charge in [-0.2, -0.15) is 9.97 Å². The van der Waals surface area contributed by atoms with Crippen molar-refractivity contribution < 1.29 is 21.9 Å².